The molecule has 0 bridgehead atoms. The summed E-state index contributed by atoms with van der Waals surface area (Å²) in [7, 11) is -1.81. The van der Waals surface area contributed by atoms with Gasteiger partial charge in [0.2, 0.25) is 10.0 Å². The molecule has 4 nitrogen and oxygen atoms in total. The molecule has 0 saturated carbocycles. The van der Waals surface area contributed by atoms with Crippen molar-refractivity contribution in [3.05, 3.63) is 28.5 Å². The standard InChI is InChI=1S/C13H20BrFN2O2S/c1-10(2)17(3)8-4-7-16-20(18,19)13-6-5-11(14)9-12(13)15/h5-6,9-10,16H,4,7-8H2,1-3H3. The fourth-order valence-corrected chi connectivity index (χ4v) is 3.03. The zero-order valence-electron chi connectivity index (χ0n) is 11.9. The van der Waals surface area contributed by atoms with Gasteiger partial charge >= 0.3 is 0 Å². The third-order valence-corrected chi connectivity index (χ3v) is 5.03. The van der Waals surface area contributed by atoms with Crippen molar-refractivity contribution in [2.45, 2.75) is 31.2 Å². The second-order valence-corrected chi connectivity index (χ2v) is 7.55. The molecular weight excluding hydrogens is 347 g/mol. The van der Waals surface area contributed by atoms with Crippen molar-refractivity contribution < 1.29 is 12.8 Å². The first-order valence-corrected chi connectivity index (χ1v) is 8.66. The van der Waals surface area contributed by atoms with Crippen molar-refractivity contribution in [3.8, 4) is 0 Å². The highest BCUT2D eigenvalue weighted by molar-refractivity contribution is 9.10. The molecule has 0 saturated heterocycles. The van der Waals surface area contributed by atoms with Gasteiger partial charge in [-0.15, -0.1) is 0 Å². The molecule has 7 heteroatoms. The number of halogens is 2. The van der Waals surface area contributed by atoms with Crippen LogP contribution < -0.4 is 4.72 Å². The van der Waals surface area contributed by atoms with E-state index in [2.05, 4.69) is 39.4 Å². The zero-order valence-corrected chi connectivity index (χ0v) is 14.3. The van der Waals surface area contributed by atoms with Crippen LogP contribution in [0.5, 0.6) is 0 Å². The van der Waals surface area contributed by atoms with E-state index in [1.165, 1.54) is 12.1 Å². The van der Waals surface area contributed by atoms with Gasteiger partial charge in [-0.1, -0.05) is 15.9 Å². The number of rotatable bonds is 7. The first kappa shape index (κ1) is 17.6. The number of sulfonamides is 1. The second kappa shape index (κ2) is 7.49. The summed E-state index contributed by atoms with van der Waals surface area (Å²) in [6.45, 7) is 5.21. The minimum atomic E-state index is -3.79. The SMILES string of the molecule is CC(C)N(C)CCCNS(=O)(=O)c1ccc(Br)cc1F. The quantitative estimate of drug-likeness (QED) is 0.754. The van der Waals surface area contributed by atoms with Crippen molar-refractivity contribution in [3.63, 3.8) is 0 Å². The van der Waals surface area contributed by atoms with E-state index < -0.39 is 15.8 Å². The van der Waals surface area contributed by atoms with Crippen LogP contribution >= 0.6 is 15.9 Å². The van der Waals surface area contributed by atoms with Gasteiger partial charge in [0.05, 0.1) is 0 Å². The molecule has 1 rings (SSSR count). The van der Waals surface area contributed by atoms with Gasteiger partial charge in [-0.05, 0) is 52.1 Å². The van der Waals surface area contributed by atoms with Gasteiger partial charge in [0.15, 0.2) is 0 Å². The zero-order chi connectivity index (χ0) is 15.3. The van der Waals surface area contributed by atoms with Crippen LogP contribution in [-0.2, 0) is 10.0 Å². The molecule has 0 aliphatic carbocycles. The molecule has 1 N–H and O–H groups in total. The summed E-state index contributed by atoms with van der Waals surface area (Å²) < 4.78 is 40.5. The normalized spacial score (nSPS) is 12.3. The molecule has 0 spiro atoms. The summed E-state index contributed by atoms with van der Waals surface area (Å²) in [4.78, 5) is 1.80. The van der Waals surface area contributed by atoms with Crippen LogP contribution in [0.1, 0.15) is 20.3 Å². The smallest absolute Gasteiger partial charge is 0.243 e. The molecular formula is C13H20BrFN2O2S. The highest BCUT2D eigenvalue weighted by Crippen LogP contribution is 2.19. The Bertz CT molecular complexity index is 549. The molecule has 0 amide bonds. The van der Waals surface area contributed by atoms with E-state index >= 15 is 0 Å². The fraction of sp³-hybridized carbons (Fsp3) is 0.538. The lowest BCUT2D eigenvalue weighted by molar-refractivity contribution is 0.271. The number of hydrogen-bond acceptors (Lipinski definition) is 3. The van der Waals surface area contributed by atoms with Gasteiger partial charge in [-0.25, -0.2) is 17.5 Å². The van der Waals surface area contributed by atoms with Crippen LogP contribution in [0, 0.1) is 5.82 Å². The Hall–Kier alpha value is -0.500. The molecule has 0 unspecified atom stereocenters. The first-order valence-electron chi connectivity index (χ1n) is 6.39. The summed E-state index contributed by atoms with van der Waals surface area (Å²) in [5.74, 6) is -0.758. The minimum Gasteiger partial charge on any atom is -0.304 e. The summed E-state index contributed by atoms with van der Waals surface area (Å²) in [5, 5.41) is 0. The Labute approximate surface area is 128 Å². The third-order valence-electron chi connectivity index (χ3n) is 3.04. The number of nitrogens with one attached hydrogen (secondary N) is 1. The first-order chi connectivity index (χ1) is 9.24. The van der Waals surface area contributed by atoms with E-state index in [4.69, 9.17) is 0 Å². The lowest BCUT2D eigenvalue weighted by Crippen LogP contribution is -2.31. The molecule has 0 atom stereocenters. The molecule has 0 aliphatic rings. The van der Waals surface area contributed by atoms with E-state index in [-0.39, 0.29) is 11.4 Å². The highest BCUT2D eigenvalue weighted by Gasteiger charge is 2.18. The van der Waals surface area contributed by atoms with Crippen LogP contribution in [0.25, 0.3) is 0 Å². The molecule has 114 valence electrons. The maximum Gasteiger partial charge on any atom is 0.243 e. The lowest BCUT2D eigenvalue weighted by Gasteiger charge is -2.20. The van der Waals surface area contributed by atoms with Crippen molar-refractivity contribution in [2.75, 3.05) is 20.1 Å². The van der Waals surface area contributed by atoms with Crippen LogP contribution in [0.4, 0.5) is 4.39 Å². The van der Waals surface area contributed by atoms with Crippen molar-refractivity contribution in [1.29, 1.82) is 0 Å². The number of nitrogens with zero attached hydrogens (tertiary/aromatic N) is 1. The van der Waals surface area contributed by atoms with E-state index in [9.17, 15) is 12.8 Å². The monoisotopic (exact) mass is 366 g/mol. The predicted molar refractivity (Wildman–Crippen MR) is 81.7 cm³/mol. The molecule has 1 aromatic rings. The average Bonchev–Trinajstić information content (AvgIpc) is 2.33. The van der Waals surface area contributed by atoms with Crippen LogP contribution in [0.2, 0.25) is 0 Å². The Kier molecular flexibility index (Phi) is 6.57. The maximum absolute atomic E-state index is 13.6. The van der Waals surface area contributed by atoms with Gasteiger partial charge in [0.1, 0.15) is 10.7 Å². The van der Waals surface area contributed by atoms with Gasteiger partial charge in [0, 0.05) is 17.1 Å². The lowest BCUT2D eigenvalue weighted by atomic mass is 10.3. The van der Waals surface area contributed by atoms with E-state index in [0.29, 0.717) is 16.9 Å². The average molecular weight is 367 g/mol. The summed E-state index contributed by atoms with van der Waals surface area (Å²) in [6, 6.07) is 4.31. The van der Waals surface area contributed by atoms with Gasteiger partial charge < -0.3 is 4.90 Å². The summed E-state index contributed by atoms with van der Waals surface area (Å²) in [5.41, 5.74) is 0. The van der Waals surface area contributed by atoms with E-state index in [1.807, 2.05) is 7.05 Å². The topological polar surface area (TPSA) is 49.4 Å². The Morgan fingerprint density at radius 2 is 2.05 bits per heavy atom. The number of hydrogen-bond donors (Lipinski definition) is 1. The minimum absolute atomic E-state index is 0.287. The third kappa shape index (κ3) is 5.12. The summed E-state index contributed by atoms with van der Waals surface area (Å²) >= 11 is 3.10. The van der Waals surface area contributed by atoms with Crippen molar-refractivity contribution in [1.82, 2.24) is 9.62 Å². The van der Waals surface area contributed by atoms with Gasteiger partial charge in [0.25, 0.3) is 0 Å². The van der Waals surface area contributed by atoms with Crippen LogP contribution in [-0.4, -0.2) is 39.5 Å². The van der Waals surface area contributed by atoms with Crippen LogP contribution in [0.15, 0.2) is 27.6 Å². The van der Waals surface area contributed by atoms with Crippen molar-refractivity contribution >= 4 is 26.0 Å². The summed E-state index contributed by atoms with van der Waals surface area (Å²) in [6.07, 6.45) is 0.673. The van der Waals surface area contributed by atoms with Gasteiger partial charge in [-0.2, -0.15) is 0 Å². The molecule has 20 heavy (non-hydrogen) atoms. The molecule has 0 radical (unpaired) electrons. The molecule has 0 heterocycles. The molecule has 0 fully saturated rings. The maximum atomic E-state index is 13.6. The second-order valence-electron chi connectivity index (χ2n) is 4.90. The largest absolute Gasteiger partial charge is 0.304 e. The van der Waals surface area contributed by atoms with Gasteiger partial charge in [-0.3, -0.25) is 0 Å². The van der Waals surface area contributed by atoms with E-state index in [0.717, 1.165) is 12.6 Å². The van der Waals surface area contributed by atoms with Crippen LogP contribution in [0.3, 0.4) is 0 Å². The molecule has 1 aromatic carbocycles. The number of benzene rings is 1. The van der Waals surface area contributed by atoms with E-state index in [1.54, 1.807) is 0 Å². The Morgan fingerprint density at radius 1 is 1.40 bits per heavy atom. The van der Waals surface area contributed by atoms with Crippen molar-refractivity contribution in [2.24, 2.45) is 0 Å². The fourth-order valence-electron chi connectivity index (χ4n) is 1.56. The molecule has 0 aromatic heterocycles. The molecule has 0 aliphatic heterocycles. The highest BCUT2D eigenvalue weighted by atomic mass is 79.9. The Balaban J connectivity index is 2.58. The Morgan fingerprint density at radius 3 is 2.60 bits per heavy atom. The predicted octanol–water partition coefficient (Wildman–Crippen LogP) is 2.60.